The normalized spacial score (nSPS) is 14.4. The highest BCUT2D eigenvalue weighted by molar-refractivity contribution is 6.05. The van der Waals surface area contributed by atoms with Gasteiger partial charge in [0, 0.05) is 42.4 Å². The molecule has 0 bridgehead atoms. The van der Waals surface area contributed by atoms with Crippen molar-refractivity contribution in [2.75, 3.05) is 11.9 Å². The summed E-state index contributed by atoms with van der Waals surface area (Å²) in [5, 5.41) is 2.85. The lowest BCUT2D eigenvalue weighted by Gasteiger charge is -2.13. The van der Waals surface area contributed by atoms with Gasteiger partial charge in [0.1, 0.15) is 11.6 Å². The molecular formula is C31H26FN3O5. The Bertz CT molecular complexity index is 1570. The molecule has 40 heavy (non-hydrogen) atoms. The zero-order valence-corrected chi connectivity index (χ0v) is 21.4. The lowest BCUT2D eigenvalue weighted by molar-refractivity contribution is -0.143. The molecule has 5 rings (SSSR count). The summed E-state index contributed by atoms with van der Waals surface area (Å²) in [4.78, 5) is 41.3. The highest BCUT2D eigenvalue weighted by Crippen LogP contribution is 2.27. The number of hydrogen-bond donors (Lipinski definition) is 2. The average molecular weight is 540 g/mol. The Morgan fingerprint density at radius 1 is 1.02 bits per heavy atom. The Kier molecular flexibility index (Phi) is 7.93. The number of benzene rings is 3. The van der Waals surface area contributed by atoms with Gasteiger partial charge in [-0.3, -0.25) is 14.6 Å². The molecule has 1 aromatic heterocycles. The van der Waals surface area contributed by atoms with Crippen LogP contribution in [0.3, 0.4) is 0 Å². The fourth-order valence-corrected chi connectivity index (χ4v) is 4.42. The molecule has 1 atom stereocenters. The maximum Gasteiger partial charge on any atom is 0.347 e. The van der Waals surface area contributed by atoms with E-state index in [1.807, 2.05) is 6.07 Å². The average Bonchev–Trinajstić information content (AvgIpc) is 3.38. The van der Waals surface area contributed by atoms with Crippen molar-refractivity contribution in [3.8, 4) is 16.9 Å². The van der Waals surface area contributed by atoms with E-state index in [0.717, 1.165) is 11.8 Å². The first-order valence-electron chi connectivity index (χ1n) is 12.7. The Morgan fingerprint density at radius 2 is 1.85 bits per heavy atom. The Hall–Kier alpha value is -4.89. The first-order valence-corrected chi connectivity index (χ1v) is 12.7. The SMILES string of the molecule is NCc1ccc(C(=O)Cc2ccncc2F)cc1-c1cccc(C(=O)Nc2ccc(OC3CCOC3=O)cc2)c1. The molecule has 4 aromatic rings. The lowest BCUT2D eigenvalue weighted by Crippen LogP contribution is -2.21. The smallest absolute Gasteiger partial charge is 0.347 e. The number of rotatable bonds is 9. The number of ether oxygens (including phenoxy) is 2. The highest BCUT2D eigenvalue weighted by atomic mass is 19.1. The molecule has 3 N–H and O–H groups in total. The molecule has 9 heteroatoms. The summed E-state index contributed by atoms with van der Waals surface area (Å²) in [7, 11) is 0. The number of nitrogens with zero attached hydrogens (tertiary/aromatic N) is 1. The number of carbonyl (C=O) groups is 3. The molecule has 1 saturated heterocycles. The minimum absolute atomic E-state index is 0.104. The van der Waals surface area contributed by atoms with Crippen molar-refractivity contribution in [2.45, 2.75) is 25.5 Å². The first kappa shape index (κ1) is 26.7. The summed E-state index contributed by atoms with van der Waals surface area (Å²) < 4.78 is 24.6. The van der Waals surface area contributed by atoms with Gasteiger partial charge in [0.05, 0.1) is 12.8 Å². The second kappa shape index (κ2) is 11.9. The van der Waals surface area contributed by atoms with Crippen LogP contribution in [0.2, 0.25) is 0 Å². The second-order valence-electron chi connectivity index (χ2n) is 9.27. The van der Waals surface area contributed by atoms with Crippen LogP contribution in [0.5, 0.6) is 5.75 Å². The van der Waals surface area contributed by atoms with Crippen LogP contribution in [-0.2, 0) is 22.5 Å². The number of pyridine rings is 1. The zero-order chi connectivity index (χ0) is 28.1. The lowest BCUT2D eigenvalue weighted by atomic mass is 9.93. The predicted octanol–water partition coefficient (Wildman–Crippen LogP) is 4.72. The number of anilines is 1. The highest BCUT2D eigenvalue weighted by Gasteiger charge is 2.28. The van der Waals surface area contributed by atoms with E-state index in [1.54, 1.807) is 60.7 Å². The van der Waals surface area contributed by atoms with Crippen molar-refractivity contribution < 1.29 is 28.2 Å². The molecular weight excluding hydrogens is 513 g/mol. The topological polar surface area (TPSA) is 121 Å². The first-order chi connectivity index (χ1) is 19.4. The maximum atomic E-state index is 14.0. The molecule has 2 heterocycles. The Balaban J connectivity index is 1.32. The summed E-state index contributed by atoms with van der Waals surface area (Å²) in [5.74, 6) is -0.994. The molecule has 202 valence electrons. The minimum atomic E-state index is -0.618. The van der Waals surface area contributed by atoms with Gasteiger partial charge >= 0.3 is 5.97 Å². The van der Waals surface area contributed by atoms with Crippen molar-refractivity contribution in [2.24, 2.45) is 5.73 Å². The van der Waals surface area contributed by atoms with E-state index in [-0.39, 0.29) is 36.2 Å². The number of nitrogens with one attached hydrogen (secondary N) is 1. The van der Waals surface area contributed by atoms with Crippen LogP contribution in [0, 0.1) is 5.82 Å². The molecule has 0 spiro atoms. The second-order valence-corrected chi connectivity index (χ2v) is 9.27. The predicted molar refractivity (Wildman–Crippen MR) is 146 cm³/mol. The number of Topliss-reactive ketones (excluding diaryl/α,β-unsaturated/α-hetero) is 1. The molecule has 1 unspecified atom stereocenters. The fraction of sp³-hybridized carbons (Fsp3) is 0.161. The van der Waals surface area contributed by atoms with E-state index in [4.69, 9.17) is 15.2 Å². The molecule has 1 amide bonds. The summed E-state index contributed by atoms with van der Waals surface area (Å²) in [6, 6.07) is 20.4. The molecule has 1 aliphatic heterocycles. The summed E-state index contributed by atoms with van der Waals surface area (Å²) in [5.41, 5.74) is 9.83. The van der Waals surface area contributed by atoms with Gasteiger partial charge in [-0.15, -0.1) is 0 Å². The van der Waals surface area contributed by atoms with Crippen LogP contribution in [0.15, 0.2) is 85.2 Å². The number of cyclic esters (lactones) is 1. The molecule has 0 radical (unpaired) electrons. The largest absolute Gasteiger partial charge is 0.479 e. The van der Waals surface area contributed by atoms with Crippen molar-refractivity contribution in [1.82, 2.24) is 4.98 Å². The zero-order valence-electron chi connectivity index (χ0n) is 21.4. The van der Waals surface area contributed by atoms with Crippen molar-refractivity contribution >= 4 is 23.3 Å². The van der Waals surface area contributed by atoms with Gasteiger partial charge in [0.2, 0.25) is 0 Å². The van der Waals surface area contributed by atoms with E-state index in [2.05, 4.69) is 10.3 Å². The number of aromatic nitrogens is 1. The van der Waals surface area contributed by atoms with E-state index >= 15 is 0 Å². The summed E-state index contributed by atoms with van der Waals surface area (Å²) in [6.45, 7) is 0.571. The molecule has 8 nitrogen and oxygen atoms in total. The summed E-state index contributed by atoms with van der Waals surface area (Å²) >= 11 is 0. The number of hydrogen-bond acceptors (Lipinski definition) is 7. The maximum absolute atomic E-state index is 14.0. The molecule has 0 saturated carbocycles. The van der Waals surface area contributed by atoms with E-state index in [1.165, 1.54) is 12.3 Å². The van der Waals surface area contributed by atoms with Gasteiger partial charge in [-0.25, -0.2) is 9.18 Å². The fourth-order valence-electron chi connectivity index (χ4n) is 4.42. The Labute approximate surface area is 230 Å². The third-order valence-corrected chi connectivity index (χ3v) is 6.57. The van der Waals surface area contributed by atoms with Crippen LogP contribution in [0.25, 0.3) is 11.1 Å². The number of nitrogens with two attached hydrogens (primary N) is 1. The minimum Gasteiger partial charge on any atom is -0.479 e. The van der Waals surface area contributed by atoms with Crippen molar-refractivity contribution in [3.63, 3.8) is 0 Å². The van der Waals surface area contributed by atoms with Crippen LogP contribution in [-0.4, -0.2) is 35.4 Å². The third kappa shape index (κ3) is 6.05. The van der Waals surface area contributed by atoms with Gasteiger partial charge in [-0.2, -0.15) is 0 Å². The van der Waals surface area contributed by atoms with Gasteiger partial charge in [0.15, 0.2) is 11.9 Å². The molecule has 1 aliphatic rings. The quantitative estimate of drug-likeness (QED) is 0.233. The van der Waals surface area contributed by atoms with Gasteiger partial charge in [-0.05, 0) is 70.8 Å². The van der Waals surface area contributed by atoms with Crippen LogP contribution >= 0.6 is 0 Å². The number of ketones is 1. The van der Waals surface area contributed by atoms with Crippen LogP contribution in [0.4, 0.5) is 10.1 Å². The van der Waals surface area contributed by atoms with Crippen LogP contribution < -0.4 is 15.8 Å². The van der Waals surface area contributed by atoms with Gasteiger partial charge in [0.25, 0.3) is 5.91 Å². The number of amides is 1. The van der Waals surface area contributed by atoms with Crippen molar-refractivity contribution in [3.05, 3.63) is 113 Å². The van der Waals surface area contributed by atoms with E-state index in [0.29, 0.717) is 46.7 Å². The number of carbonyl (C=O) groups excluding carboxylic acids is 3. The van der Waals surface area contributed by atoms with Gasteiger partial charge in [-0.1, -0.05) is 24.3 Å². The van der Waals surface area contributed by atoms with E-state index < -0.39 is 11.9 Å². The molecule has 3 aromatic carbocycles. The van der Waals surface area contributed by atoms with Crippen LogP contribution in [0.1, 0.15) is 38.3 Å². The molecule has 1 fully saturated rings. The number of halogens is 1. The standard InChI is InChI=1S/C31H26FN3O5/c32-27-18-34-12-10-20(27)16-28(36)21-4-5-23(17-33)26(15-21)19-2-1-3-22(14-19)30(37)35-24-6-8-25(9-7-24)40-29-11-13-39-31(29)38/h1-10,12,14-15,18,29H,11,13,16-17,33H2,(H,35,37). The summed E-state index contributed by atoms with van der Waals surface area (Å²) in [6.07, 6.45) is 2.30. The Morgan fingerprint density at radius 3 is 2.58 bits per heavy atom. The van der Waals surface area contributed by atoms with Gasteiger partial charge < -0.3 is 20.5 Å². The number of esters is 1. The van der Waals surface area contributed by atoms with E-state index in [9.17, 15) is 18.8 Å². The monoisotopic (exact) mass is 539 g/mol. The van der Waals surface area contributed by atoms with Crippen molar-refractivity contribution in [1.29, 1.82) is 0 Å². The third-order valence-electron chi connectivity index (χ3n) is 6.57. The molecule has 0 aliphatic carbocycles.